The van der Waals surface area contributed by atoms with E-state index in [0.29, 0.717) is 5.56 Å². The largest absolute Gasteiger partial charge is 0.363 e. The number of anilines is 1. The first-order valence-corrected chi connectivity index (χ1v) is 6.74. The van der Waals surface area contributed by atoms with Crippen molar-refractivity contribution in [2.45, 2.75) is 19.9 Å². The maximum atomic E-state index is 12.9. The van der Waals surface area contributed by atoms with Crippen LogP contribution >= 0.6 is 0 Å². The zero-order valence-electron chi connectivity index (χ0n) is 12.2. The van der Waals surface area contributed by atoms with Gasteiger partial charge in [0.1, 0.15) is 18.6 Å². The standard InChI is InChI=1S/C15H16FN3O3/c1-10(2)19(9-14(20)17-13-7-8-22-18-13)15(21)11-3-5-12(16)6-4-11/h3-8,10H,9H2,1-2H3,(H,17,18,20). The van der Waals surface area contributed by atoms with E-state index in [1.54, 1.807) is 13.8 Å². The highest BCUT2D eigenvalue weighted by Gasteiger charge is 2.22. The predicted octanol–water partition coefficient (Wildman–Crippen LogP) is 2.30. The number of aromatic nitrogens is 1. The summed E-state index contributed by atoms with van der Waals surface area (Å²) in [5, 5.41) is 6.09. The topological polar surface area (TPSA) is 75.4 Å². The van der Waals surface area contributed by atoms with Gasteiger partial charge in [-0.25, -0.2) is 4.39 Å². The molecule has 6 nitrogen and oxygen atoms in total. The summed E-state index contributed by atoms with van der Waals surface area (Å²) in [5.74, 6) is -0.872. The van der Waals surface area contributed by atoms with Crippen LogP contribution in [0.3, 0.4) is 0 Å². The lowest BCUT2D eigenvalue weighted by Gasteiger charge is -2.26. The number of carbonyl (C=O) groups excluding carboxylic acids is 2. The lowest BCUT2D eigenvalue weighted by Crippen LogP contribution is -2.42. The second-order valence-corrected chi connectivity index (χ2v) is 4.97. The van der Waals surface area contributed by atoms with E-state index in [2.05, 4.69) is 15.0 Å². The third kappa shape index (κ3) is 3.91. The minimum Gasteiger partial charge on any atom is -0.363 e. The van der Waals surface area contributed by atoms with E-state index in [4.69, 9.17) is 0 Å². The van der Waals surface area contributed by atoms with Crippen LogP contribution in [0.5, 0.6) is 0 Å². The summed E-state index contributed by atoms with van der Waals surface area (Å²) in [6.07, 6.45) is 1.33. The zero-order valence-corrected chi connectivity index (χ0v) is 12.2. The van der Waals surface area contributed by atoms with Gasteiger partial charge in [-0.05, 0) is 38.1 Å². The summed E-state index contributed by atoms with van der Waals surface area (Å²) >= 11 is 0. The molecule has 0 aliphatic carbocycles. The van der Waals surface area contributed by atoms with Gasteiger partial charge in [-0.2, -0.15) is 0 Å². The van der Waals surface area contributed by atoms with Crippen LogP contribution in [-0.2, 0) is 4.79 Å². The number of hydrogen-bond donors (Lipinski definition) is 1. The van der Waals surface area contributed by atoms with Gasteiger partial charge in [0.25, 0.3) is 5.91 Å². The highest BCUT2D eigenvalue weighted by Crippen LogP contribution is 2.10. The first kappa shape index (κ1) is 15.7. The molecule has 1 aromatic carbocycles. The summed E-state index contributed by atoms with van der Waals surface area (Å²) in [6.45, 7) is 3.45. The molecule has 116 valence electrons. The third-order valence-electron chi connectivity index (χ3n) is 2.99. The minimum atomic E-state index is -0.420. The Morgan fingerprint density at radius 1 is 1.27 bits per heavy atom. The molecule has 0 atom stereocenters. The molecule has 1 N–H and O–H groups in total. The Kier molecular flexibility index (Phi) is 4.88. The number of hydrogen-bond acceptors (Lipinski definition) is 4. The molecule has 0 unspecified atom stereocenters. The molecular weight excluding hydrogens is 289 g/mol. The van der Waals surface area contributed by atoms with Crippen molar-refractivity contribution in [1.29, 1.82) is 0 Å². The molecule has 2 aromatic rings. The quantitative estimate of drug-likeness (QED) is 0.919. The van der Waals surface area contributed by atoms with Crippen LogP contribution in [0.25, 0.3) is 0 Å². The smallest absolute Gasteiger partial charge is 0.254 e. The van der Waals surface area contributed by atoms with Crippen molar-refractivity contribution >= 4 is 17.6 Å². The predicted molar refractivity (Wildman–Crippen MR) is 77.7 cm³/mol. The monoisotopic (exact) mass is 305 g/mol. The van der Waals surface area contributed by atoms with Crippen molar-refractivity contribution in [2.75, 3.05) is 11.9 Å². The number of nitrogens with zero attached hydrogens (tertiary/aromatic N) is 2. The van der Waals surface area contributed by atoms with Crippen LogP contribution in [0.2, 0.25) is 0 Å². The highest BCUT2D eigenvalue weighted by molar-refractivity contribution is 5.99. The fourth-order valence-electron chi connectivity index (χ4n) is 1.86. The van der Waals surface area contributed by atoms with Gasteiger partial charge >= 0.3 is 0 Å². The molecule has 22 heavy (non-hydrogen) atoms. The van der Waals surface area contributed by atoms with Gasteiger partial charge in [0.05, 0.1) is 0 Å². The van der Waals surface area contributed by atoms with Crippen LogP contribution in [0.4, 0.5) is 10.2 Å². The van der Waals surface area contributed by atoms with Crippen LogP contribution in [0.1, 0.15) is 24.2 Å². The van der Waals surface area contributed by atoms with E-state index in [9.17, 15) is 14.0 Å². The summed E-state index contributed by atoms with van der Waals surface area (Å²) in [4.78, 5) is 25.8. The molecule has 0 aliphatic rings. The fraction of sp³-hybridized carbons (Fsp3) is 0.267. The average Bonchev–Trinajstić information content (AvgIpc) is 2.97. The van der Waals surface area contributed by atoms with E-state index < -0.39 is 11.7 Å². The lowest BCUT2D eigenvalue weighted by molar-refractivity contribution is -0.117. The van der Waals surface area contributed by atoms with Gasteiger partial charge in [0, 0.05) is 17.7 Å². The van der Waals surface area contributed by atoms with E-state index >= 15 is 0 Å². The first-order chi connectivity index (χ1) is 10.5. The number of benzene rings is 1. The molecule has 7 heteroatoms. The Bertz CT molecular complexity index is 639. The summed E-state index contributed by atoms with van der Waals surface area (Å²) < 4.78 is 17.5. The molecular formula is C15H16FN3O3. The number of amides is 2. The van der Waals surface area contributed by atoms with Crippen LogP contribution in [0.15, 0.2) is 41.1 Å². The van der Waals surface area contributed by atoms with E-state index in [1.807, 2.05) is 0 Å². The molecule has 0 aliphatic heterocycles. The van der Waals surface area contributed by atoms with Crippen molar-refractivity contribution in [2.24, 2.45) is 0 Å². The Labute approximate surface area is 126 Å². The Balaban J connectivity index is 2.07. The normalized spacial score (nSPS) is 10.5. The zero-order chi connectivity index (χ0) is 16.1. The Morgan fingerprint density at radius 2 is 1.95 bits per heavy atom. The SMILES string of the molecule is CC(C)N(CC(=O)Nc1ccon1)C(=O)c1ccc(F)cc1. The highest BCUT2D eigenvalue weighted by atomic mass is 19.1. The molecule has 1 heterocycles. The van der Waals surface area contributed by atoms with Crippen molar-refractivity contribution in [1.82, 2.24) is 10.1 Å². The summed E-state index contributed by atoms with van der Waals surface area (Å²) in [7, 11) is 0. The van der Waals surface area contributed by atoms with Crippen molar-refractivity contribution in [3.05, 3.63) is 48.0 Å². The summed E-state index contributed by atoms with van der Waals surface area (Å²) in [6, 6.07) is 6.51. The molecule has 0 fully saturated rings. The van der Waals surface area contributed by atoms with Gasteiger partial charge in [-0.15, -0.1) is 0 Å². The maximum absolute atomic E-state index is 12.9. The number of nitrogens with one attached hydrogen (secondary N) is 1. The second-order valence-electron chi connectivity index (χ2n) is 4.97. The number of halogens is 1. The van der Waals surface area contributed by atoms with Gasteiger partial charge in [0.15, 0.2) is 5.82 Å². The Morgan fingerprint density at radius 3 is 2.50 bits per heavy atom. The molecule has 2 rings (SSSR count). The van der Waals surface area contributed by atoms with Gasteiger partial charge in [0.2, 0.25) is 5.91 Å². The molecule has 0 saturated carbocycles. The van der Waals surface area contributed by atoms with Crippen molar-refractivity contribution < 1.29 is 18.5 Å². The Hall–Kier alpha value is -2.70. The average molecular weight is 305 g/mol. The minimum absolute atomic E-state index is 0.138. The second kappa shape index (κ2) is 6.84. The van der Waals surface area contributed by atoms with Gasteiger partial charge in [-0.1, -0.05) is 5.16 Å². The number of carbonyl (C=O) groups is 2. The van der Waals surface area contributed by atoms with Crippen LogP contribution < -0.4 is 5.32 Å². The summed E-state index contributed by atoms with van der Waals surface area (Å²) in [5.41, 5.74) is 0.323. The van der Waals surface area contributed by atoms with Crippen LogP contribution in [-0.4, -0.2) is 34.5 Å². The van der Waals surface area contributed by atoms with E-state index in [-0.39, 0.29) is 24.3 Å². The lowest BCUT2D eigenvalue weighted by atomic mass is 10.1. The third-order valence-corrected chi connectivity index (χ3v) is 2.99. The molecule has 2 amide bonds. The fourth-order valence-corrected chi connectivity index (χ4v) is 1.86. The molecule has 0 radical (unpaired) electrons. The first-order valence-electron chi connectivity index (χ1n) is 6.74. The van der Waals surface area contributed by atoms with Gasteiger partial charge < -0.3 is 14.7 Å². The van der Waals surface area contributed by atoms with Crippen LogP contribution in [0, 0.1) is 5.82 Å². The van der Waals surface area contributed by atoms with Gasteiger partial charge in [-0.3, -0.25) is 9.59 Å². The van der Waals surface area contributed by atoms with Crippen molar-refractivity contribution in [3.63, 3.8) is 0 Å². The van der Waals surface area contributed by atoms with E-state index in [0.717, 1.165) is 0 Å². The van der Waals surface area contributed by atoms with E-state index in [1.165, 1.54) is 41.5 Å². The van der Waals surface area contributed by atoms with Crippen molar-refractivity contribution in [3.8, 4) is 0 Å². The molecule has 0 bridgehead atoms. The molecule has 0 saturated heterocycles. The molecule has 0 spiro atoms. The molecule has 1 aromatic heterocycles. The maximum Gasteiger partial charge on any atom is 0.254 e. The number of rotatable bonds is 5.